The van der Waals surface area contributed by atoms with E-state index >= 15 is 0 Å². The summed E-state index contributed by atoms with van der Waals surface area (Å²) in [5, 5.41) is 0. The van der Waals surface area contributed by atoms with Crippen LogP contribution in [-0.2, 0) is 34.8 Å². The first kappa shape index (κ1) is 27.4. The van der Waals surface area contributed by atoms with Crippen molar-refractivity contribution in [3.05, 3.63) is 113 Å². The Labute approximate surface area is 240 Å². The van der Waals surface area contributed by atoms with Gasteiger partial charge in [-0.05, 0) is 85.5 Å². The summed E-state index contributed by atoms with van der Waals surface area (Å²) < 4.78 is 45.9. The number of nitrogens with zero attached hydrogens (tertiary/aromatic N) is 3. The minimum Gasteiger partial charge on any atom is -0.337 e. The molecular weight excluding hydrogens is 539 g/mol. The molecule has 0 aliphatic heterocycles. The van der Waals surface area contributed by atoms with Gasteiger partial charge in [-0.1, -0.05) is 42.0 Å². The van der Waals surface area contributed by atoms with Gasteiger partial charge in [0, 0.05) is 37.1 Å². The van der Waals surface area contributed by atoms with Gasteiger partial charge in [-0.3, -0.25) is 4.79 Å². The van der Waals surface area contributed by atoms with Crippen LogP contribution in [0.5, 0.6) is 0 Å². The van der Waals surface area contributed by atoms with Crippen molar-refractivity contribution >= 4 is 21.6 Å². The molecule has 3 atom stereocenters. The Hall–Kier alpha value is -3.82. The Morgan fingerprint density at radius 2 is 1.88 bits per heavy atom. The highest BCUT2D eigenvalue weighted by Crippen LogP contribution is 2.50. The first-order chi connectivity index (χ1) is 19.7. The number of sulfonamides is 1. The quantitative estimate of drug-likeness (QED) is 0.300. The summed E-state index contributed by atoms with van der Waals surface area (Å²) in [6.45, 7) is 2.17. The standard InChI is InChI=1S/C32H33FN4O3S/c1-21-10-14-24(15-11-21)41(39,40)35-30-9-5-6-22-12-13-23(18-26(22)30)37(20-31-34-16-17-36(31)2)32(38)28-19-27(28)25-7-3-4-8-29(25)33/h3-4,7-8,10-18,27-28,30,35H,5-6,9,19-20H2,1-2H3/t27-,28+,30+/m1/s1. The molecule has 1 fully saturated rings. The van der Waals surface area contributed by atoms with Gasteiger partial charge in [-0.15, -0.1) is 0 Å². The lowest BCUT2D eigenvalue weighted by atomic mass is 9.87. The Morgan fingerprint density at radius 3 is 2.61 bits per heavy atom. The van der Waals surface area contributed by atoms with E-state index in [4.69, 9.17) is 0 Å². The molecule has 0 radical (unpaired) electrons. The molecule has 4 aromatic rings. The summed E-state index contributed by atoms with van der Waals surface area (Å²) in [5.74, 6) is -0.163. The fourth-order valence-corrected chi connectivity index (χ4v) is 7.07. The molecule has 0 spiro atoms. The number of hydrogen-bond donors (Lipinski definition) is 1. The molecule has 1 N–H and O–H groups in total. The number of carbonyl (C=O) groups is 1. The average molecular weight is 573 g/mol. The summed E-state index contributed by atoms with van der Waals surface area (Å²) >= 11 is 0. The van der Waals surface area contributed by atoms with Gasteiger partial charge in [0.1, 0.15) is 11.6 Å². The number of rotatable bonds is 8. The monoisotopic (exact) mass is 572 g/mol. The van der Waals surface area contributed by atoms with Crippen LogP contribution in [0.25, 0.3) is 0 Å². The highest BCUT2D eigenvalue weighted by atomic mass is 32.2. The van der Waals surface area contributed by atoms with Crippen molar-refractivity contribution in [1.82, 2.24) is 14.3 Å². The van der Waals surface area contributed by atoms with Crippen molar-refractivity contribution in [3.8, 4) is 0 Å². The maximum atomic E-state index is 14.5. The Kier molecular flexibility index (Phi) is 7.25. The number of nitrogens with one attached hydrogen (secondary N) is 1. The molecule has 1 heterocycles. The second kappa shape index (κ2) is 10.9. The normalized spacial score (nSPS) is 19.9. The van der Waals surface area contributed by atoms with E-state index in [1.54, 1.807) is 53.6 Å². The van der Waals surface area contributed by atoms with E-state index in [1.807, 2.05) is 42.9 Å². The molecule has 0 saturated heterocycles. The lowest BCUT2D eigenvalue weighted by molar-refractivity contribution is -0.120. The molecule has 6 rings (SSSR count). The fraction of sp³-hybridized carbons (Fsp3) is 0.312. The lowest BCUT2D eigenvalue weighted by Gasteiger charge is -2.29. The molecule has 1 amide bonds. The number of aromatic nitrogens is 2. The van der Waals surface area contributed by atoms with Crippen molar-refractivity contribution in [2.45, 2.75) is 56.0 Å². The molecule has 7 nitrogen and oxygen atoms in total. The van der Waals surface area contributed by atoms with Crippen LogP contribution in [0.15, 0.2) is 84.0 Å². The molecule has 1 saturated carbocycles. The van der Waals surface area contributed by atoms with Crippen LogP contribution in [-0.4, -0.2) is 23.9 Å². The number of fused-ring (bicyclic) bond motifs is 1. The van der Waals surface area contributed by atoms with Crippen LogP contribution < -0.4 is 9.62 Å². The number of halogens is 1. The fourth-order valence-electron chi connectivity index (χ4n) is 5.82. The van der Waals surface area contributed by atoms with Crippen LogP contribution in [0.1, 0.15) is 59.3 Å². The zero-order valence-electron chi connectivity index (χ0n) is 23.1. The highest BCUT2D eigenvalue weighted by molar-refractivity contribution is 7.89. The number of hydrogen-bond acceptors (Lipinski definition) is 4. The zero-order chi connectivity index (χ0) is 28.7. The molecule has 0 unspecified atom stereocenters. The van der Waals surface area contributed by atoms with Crippen LogP contribution in [0.3, 0.4) is 0 Å². The molecule has 41 heavy (non-hydrogen) atoms. The van der Waals surface area contributed by atoms with Crippen molar-refractivity contribution in [3.63, 3.8) is 0 Å². The Morgan fingerprint density at radius 1 is 1.10 bits per heavy atom. The topological polar surface area (TPSA) is 84.3 Å². The van der Waals surface area contributed by atoms with E-state index in [2.05, 4.69) is 9.71 Å². The number of anilines is 1. The molecule has 1 aromatic heterocycles. The molecular formula is C32H33FN4O3S. The van der Waals surface area contributed by atoms with Gasteiger partial charge in [0.05, 0.1) is 11.4 Å². The lowest BCUT2D eigenvalue weighted by Crippen LogP contribution is -2.34. The summed E-state index contributed by atoms with van der Waals surface area (Å²) in [6, 6.07) is 18.9. The van der Waals surface area contributed by atoms with Gasteiger partial charge in [0.2, 0.25) is 15.9 Å². The molecule has 3 aromatic carbocycles. The highest BCUT2D eigenvalue weighted by Gasteiger charge is 2.47. The third-order valence-electron chi connectivity index (χ3n) is 8.28. The van der Waals surface area contributed by atoms with Crippen LogP contribution in [0, 0.1) is 18.7 Å². The van der Waals surface area contributed by atoms with E-state index < -0.39 is 16.1 Å². The maximum absolute atomic E-state index is 14.5. The summed E-state index contributed by atoms with van der Waals surface area (Å²) in [7, 11) is -1.86. The van der Waals surface area contributed by atoms with Gasteiger partial charge >= 0.3 is 0 Å². The average Bonchev–Trinajstić information content (AvgIpc) is 3.65. The molecule has 2 aliphatic carbocycles. The van der Waals surface area contributed by atoms with E-state index in [0.717, 1.165) is 35.4 Å². The SMILES string of the molecule is Cc1ccc(S(=O)(=O)N[C@H]2CCCc3ccc(N(Cc4nccn4C)C(=O)[C@H]4C[C@@H]4c4ccccc4F)cc32)cc1. The van der Waals surface area contributed by atoms with E-state index in [-0.39, 0.29) is 35.0 Å². The van der Waals surface area contributed by atoms with Gasteiger partial charge < -0.3 is 9.47 Å². The van der Waals surface area contributed by atoms with E-state index in [1.165, 1.54) is 6.07 Å². The number of benzene rings is 3. The minimum absolute atomic E-state index is 0.0891. The number of carbonyl (C=O) groups excluding carboxylic acids is 1. The third-order valence-corrected chi connectivity index (χ3v) is 9.77. The van der Waals surface area contributed by atoms with Crippen molar-refractivity contribution in [2.24, 2.45) is 13.0 Å². The first-order valence-corrected chi connectivity index (χ1v) is 15.4. The summed E-state index contributed by atoms with van der Waals surface area (Å²) in [4.78, 5) is 20.4. The van der Waals surface area contributed by atoms with Gasteiger partial charge in [0.15, 0.2) is 0 Å². The molecule has 212 valence electrons. The number of aryl methyl sites for hydroxylation is 3. The van der Waals surface area contributed by atoms with Crippen molar-refractivity contribution in [1.29, 1.82) is 0 Å². The Balaban J connectivity index is 1.32. The van der Waals surface area contributed by atoms with Gasteiger partial charge in [-0.25, -0.2) is 22.5 Å². The van der Waals surface area contributed by atoms with Crippen molar-refractivity contribution in [2.75, 3.05) is 4.90 Å². The summed E-state index contributed by atoms with van der Waals surface area (Å²) in [6.07, 6.45) is 6.47. The molecule has 9 heteroatoms. The smallest absolute Gasteiger partial charge is 0.241 e. The van der Waals surface area contributed by atoms with Gasteiger partial charge in [0.25, 0.3) is 0 Å². The van der Waals surface area contributed by atoms with Crippen molar-refractivity contribution < 1.29 is 17.6 Å². The number of imidazole rings is 1. The van der Waals surface area contributed by atoms with E-state index in [0.29, 0.717) is 24.1 Å². The third kappa shape index (κ3) is 5.56. The van der Waals surface area contributed by atoms with Crippen LogP contribution >= 0.6 is 0 Å². The summed E-state index contributed by atoms with van der Waals surface area (Å²) in [5.41, 5.74) is 4.18. The predicted octanol–water partition coefficient (Wildman–Crippen LogP) is 5.56. The predicted molar refractivity (Wildman–Crippen MR) is 155 cm³/mol. The van der Waals surface area contributed by atoms with E-state index in [9.17, 15) is 17.6 Å². The second-order valence-corrected chi connectivity index (χ2v) is 12.8. The number of amides is 1. The van der Waals surface area contributed by atoms with Crippen LogP contribution in [0.4, 0.5) is 10.1 Å². The second-order valence-electron chi connectivity index (χ2n) is 11.1. The molecule has 0 bridgehead atoms. The molecule has 2 aliphatic rings. The first-order valence-electron chi connectivity index (χ1n) is 13.9. The maximum Gasteiger partial charge on any atom is 0.241 e. The largest absolute Gasteiger partial charge is 0.337 e. The zero-order valence-corrected chi connectivity index (χ0v) is 23.9. The minimum atomic E-state index is -3.74. The van der Waals surface area contributed by atoms with Crippen LogP contribution in [0.2, 0.25) is 0 Å². The Bertz CT molecular complexity index is 1700. The van der Waals surface area contributed by atoms with Gasteiger partial charge in [-0.2, -0.15) is 0 Å².